The van der Waals surface area contributed by atoms with E-state index in [0.717, 1.165) is 0 Å². The van der Waals surface area contributed by atoms with Crippen LogP contribution < -0.4 is 10.5 Å². The third-order valence-corrected chi connectivity index (χ3v) is 2.79. The van der Waals surface area contributed by atoms with Crippen LogP contribution >= 0.6 is 0 Å². The van der Waals surface area contributed by atoms with Crippen molar-refractivity contribution in [1.82, 2.24) is 4.98 Å². The van der Waals surface area contributed by atoms with Crippen molar-refractivity contribution in [2.45, 2.75) is 26.4 Å². The number of nitrogens with zero attached hydrogens (tertiary/aromatic N) is 1. The van der Waals surface area contributed by atoms with E-state index in [-0.39, 0.29) is 12.5 Å². The maximum atomic E-state index is 10.4. The molecule has 4 heteroatoms. The summed E-state index contributed by atoms with van der Waals surface area (Å²) < 4.78 is 5.35. The molecule has 1 atom stereocenters. The zero-order valence-corrected chi connectivity index (χ0v) is 10.1. The largest absolute Gasteiger partial charge is 0.492 e. The Kier molecular flexibility index (Phi) is 4.26. The van der Waals surface area contributed by atoms with Crippen LogP contribution in [0.25, 0.3) is 0 Å². The molecule has 1 aromatic rings. The first-order valence-electron chi connectivity index (χ1n) is 5.55. The molecule has 0 aliphatic carbocycles. The number of aromatic nitrogens is 1. The first-order chi connectivity index (χ1) is 7.54. The van der Waals surface area contributed by atoms with Gasteiger partial charge in [-0.1, -0.05) is 13.8 Å². The van der Waals surface area contributed by atoms with Gasteiger partial charge in [-0.2, -0.15) is 0 Å². The standard InChI is InChI=1S/C12H20N2O2/c1-4-16-11-5-10(6-14-7-11)12(15,8-13)9(2)3/h5-7,9,15H,4,8,13H2,1-3H3. The van der Waals surface area contributed by atoms with Gasteiger partial charge in [-0.3, -0.25) is 4.98 Å². The van der Waals surface area contributed by atoms with Gasteiger partial charge in [0.1, 0.15) is 11.4 Å². The highest BCUT2D eigenvalue weighted by Crippen LogP contribution is 2.29. The van der Waals surface area contributed by atoms with Crippen LogP contribution in [0, 0.1) is 5.92 Å². The number of nitrogens with two attached hydrogens (primary N) is 1. The Morgan fingerprint density at radius 2 is 2.19 bits per heavy atom. The number of pyridine rings is 1. The molecule has 3 N–H and O–H groups in total. The van der Waals surface area contributed by atoms with Crippen LogP contribution in [0.5, 0.6) is 5.75 Å². The van der Waals surface area contributed by atoms with E-state index in [0.29, 0.717) is 17.9 Å². The Hall–Kier alpha value is -1.13. The second-order valence-electron chi connectivity index (χ2n) is 4.13. The van der Waals surface area contributed by atoms with E-state index in [9.17, 15) is 5.11 Å². The molecule has 0 saturated carbocycles. The maximum Gasteiger partial charge on any atom is 0.137 e. The molecule has 4 nitrogen and oxygen atoms in total. The van der Waals surface area contributed by atoms with Crippen molar-refractivity contribution >= 4 is 0 Å². The van der Waals surface area contributed by atoms with E-state index in [2.05, 4.69) is 4.98 Å². The SMILES string of the molecule is CCOc1cncc(C(O)(CN)C(C)C)c1. The lowest BCUT2D eigenvalue weighted by Gasteiger charge is -2.31. The predicted molar refractivity (Wildman–Crippen MR) is 63.2 cm³/mol. The number of hydrogen-bond donors (Lipinski definition) is 2. The number of aliphatic hydroxyl groups is 1. The summed E-state index contributed by atoms with van der Waals surface area (Å²) >= 11 is 0. The molecule has 0 spiro atoms. The average molecular weight is 224 g/mol. The van der Waals surface area contributed by atoms with E-state index < -0.39 is 5.60 Å². The zero-order valence-electron chi connectivity index (χ0n) is 10.1. The van der Waals surface area contributed by atoms with Gasteiger partial charge in [-0.15, -0.1) is 0 Å². The van der Waals surface area contributed by atoms with E-state index in [1.807, 2.05) is 20.8 Å². The Morgan fingerprint density at radius 1 is 1.50 bits per heavy atom. The lowest BCUT2D eigenvalue weighted by atomic mass is 9.84. The van der Waals surface area contributed by atoms with Crippen molar-refractivity contribution in [2.75, 3.05) is 13.2 Å². The smallest absolute Gasteiger partial charge is 0.137 e. The van der Waals surface area contributed by atoms with Gasteiger partial charge in [0.2, 0.25) is 0 Å². The predicted octanol–water partition coefficient (Wildman–Crippen LogP) is 1.28. The lowest BCUT2D eigenvalue weighted by molar-refractivity contribution is -0.00166. The van der Waals surface area contributed by atoms with Gasteiger partial charge in [0.25, 0.3) is 0 Å². The Bertz CT molecular complexity index is 342. The minimum atomic E-state index is -1.04. The highest BCUT2D eigenvalue weighted by molar-refractivity contribution is 5.29. The van der Waals surface area contributed by atoms with E-state index in [1.54, 1.807) is 18.5 Å². The van der Waals surface area contributed by atoms with E-state index in [1.165, 1.54) is 0 Å². The van der Waals surface area contributed by atoms with Crippen LogP contribution in [-0.2, 0) is 5.60 Å². The molecule has 1 aromatic heterocycles. The van der Waals surface area contributed by atoms with Crippen LogP contribution in [0.3, 0.4) is 0 Å². The first kappa shape index (κ1) is 12.9. The molecule has 1 rings (SSSR count). The highest BCUT2D eigenvalue weighted by Gasteiger charge is 2.32. The molecule has 0 aliphatic heterocycles. The average Bonchev–Trinajstić information content (AvgIpc) is 2.28. The summed E-state index contributed by atoms with van der Waals surface area (Å²) in [4.78, 5) is 4.06. The quantitative estimate of drug-likeness (QED) is 0.790. The van der Waals surface area contributed by atoms with Crippen molar-refractivity contribution in [1.29, 1.82) is 0 Å². The van der Waals surface area contributed by atoms with Crippen molar-refractivity contribution in [3.05, 3.63) is 24.0 Å². The Labute approximate surface area is 96.5 Å². The summed E-state index contributed by atoms with van der Waals surface area (Å²) in [6.45, 7) is 6.51. The molecule has 0 amide bonds. The fraction of sp³-hybridized carbons (Fsp3) is 0.583. The third-order valence-electron chi connectivity index (χ3n) is 2.79. The van der Waals surface area contributed by atoms with Crippen molar-refractivity contribution < 1.29 is 9.84 Å². The topological polar surface area (TPSA) is 68.4 Å². The van der Waals surface area contributed by atoms with Crippen LogP contribution in [0.15, 0.2) is 18.5 Å². The molecule has 0 aromatic carbocycles. The maximum absolute atomic E-state index is 10.4. The summed E-state index contributed by atoms with van der Waals surface area (Å²) in [6, 6.07) is 1.80. The number of ether oxygens (including phenoxy) is 1. The van der Waals surface area contributed by atoms with E-state index >= 15 is 0 Å². The zero-order chi connectivity index (χ0) is 12.2. The molecule has 0 fully saturated rings. The molecule has 0 bridgehead atoms. The van der Waals surface area contributed by atoms with Crippen LogP contribution in [0.4, 0.5) is 0 Å². The van der Waals surface area contributed by atoms with Gasteiger partial charge in [-0.05, 0) is 18.9 Å². The molecule has 90 valence electrons. The molecule has 0 saturated heterocycles. The molecular formula is C12H20N2O2. The third kappa shape index (κ3) is 2.51. The summed E-state index contributed by atoms with van der Waals surface area (Å²) in [5, 5.41) is 10.4. The van der Waals surface area contributed by atoms with Crippen molar-refractivity contribution in [2.24, 2.45) is 11.7 Å². The number of hydrogen-bond acceptors (Lipinski definition) is 4. The van der Waals surface area contributed by atoms with Gasteiger partial charge >= 0.3 is 0 Å². The molecule has 1 heterocycles. The minimum absolute atomic E-state index is 0.0242. The van der Waals surface area contributed by atoms with Gasteiger partial charge in [0, 0.05) is 18.3 Å². The van der Waals surface area contributed by atoms with Crippen molar-refractivity contribution in [3.63, 3.8) is 0 Å². The molecule has 0 aliphatic rings. The van der Waals surface area contributed by atoms with E-state index in [4.69, 9.17) is 10.5 Å². The lowest BCUT2D eigenvalue weighted by Crippen LogP contribution is -2.40. The summed E-state index contributed by atoms with van der Waals surface area (Å²) in [5.74, 6) is 0.684. The summed E-state index contributed by atoms with van der Waals surface area (Å²) in [7, 11) is 0. The first-order valence-corrected chi connectivity index (χ1v) is 5.55. The van der Waals surface area contributed by atoms with Gasteiger partial charge in [-0.25, -0.2) is 0 Å². The Morgan fingerprint density at radius 3 is 2.69 bits per heavy atom. The molecule has 1 unspecified atom stereocenters. The minimum Gasteiger partial charge on any atom is -0.492 e. The van der Waals surface area contributed by atoms with Crippen LogP contribution in [0.2, 0.25) is 0 Å². The Balaban J connectivity index is 3.06. The van der Waals surface area contributed by atoms with Crippen LogP contribution in [0.1, 0.15) is 26.3 Å². The summed E-state index contributed by atoms with van der Waals surface area (Å²) in [5.41, 5.74) is 5.31. The van der Waals surface area contributed by atoms with Gasteiger partial charge in [0.15, 0.2) is 0 Å². The van der Waals surface area contributed by atoms with Gasteiger partial charge < -0.3 is 15.6 Å². The van der Waals surface area contributed by atoms with Crippen molar-refractivity contribution in [3.8, 4) is 5.75 Å². The number of rotatable bonds is 5. The second kappa shape index (κ2) is 5.27. The molecule has 16 heavy (non-hydrogen) atoms. The summed E-state index contributed by atoms with van der Waals surface area (Å²) in [6.07, 6.45) is 3.26. The normalized spacial score (nSPS) is 14.9. The van der Waals surface area contributed by atoms with Gasteiger partial charge in [0.05, 0.1) is 12.8 Å². The molecule has 0 radical (unpaired) electrons. The fourth-order valence-corrected chi connectivity index (χ4v) is 1.59. The van der Waals surface area contributed by atoms with Crippen LogP contribution in [-0.4, -0.2) is 23.2 Å². The second-order valence-corrected chi connectivity index (χ2v) is 4.13. The molecular weight excluding hydrogens is 204 g/mol. The monoisotopic (exact) mass is 224 g/mol. The highest BCUT2D eigenvalue weighted by atomic mass is 16.5. The fourth-order valence-electron chi connectivity index (χ4n) is 1.59.